The molecule has 43 heavy (non-hydrogen) atoms. The number of rotatable bonds is 8. The summed E-state index contributed by atoms with van der Waals surface area (Å²) in [5.74, 6) is -1.09. The summed E-state index contributed by atoms with van der Waals surface area (Å²) in [6.07, 6.45) is 5.40. The van der Waals surface area contributed by atoms with Crippen molar-refractivity contribution in [1.82, 2.24) is 0 Å². The van der Waals surface area contributed by atoms with E-state index in [0.29, 0.717) is 24.3 Å². The highest BCUT2D eigenvalue weighted by Crippen LogP contribution is 2.68. The second kappa shape index (κ2) is 11.4. The molecule has 0 heterocycles. The molecule has 0 aromatic heterocycles. The lowest BCUT2D eigenvalue weighted by molar-refractivity contribution is -0.183. The van der Waals surface area contributed by atoms with E-state index in [4.69, 9.17) is 25.3 Å². The Morgan fingerprint density at radius 1 is 1.14 bits per heavy atom. The molecule has 4 aliphatic carbocycles. The van der Waals surface area contributed by atoms with Crippen molar-refractivity contribution < 1.29 is 41.6 Å². The zero-order valence-electron chi connectivity index (χ0n) is 24.9. The first-order chi connectivity index (χ1) is 20.1. The Morgan fingerprint density at radius 3 is 2.51 bits per heavy atom. The standard InChI is InChI=1S/C32H39ClO9S/c1-19(2)17-40-29(37)42-32(27(36)18-41-43(38,39)23-8-6-21(33)7-9-23)14-12-25-24-10-5-20-15-22(34)11-13-30(20,3)28(24)26(35)16-31(25,32)4/h6-9,11,13,15,19,24-26,28,35H,5,10,12,14,16-18H2,1-4H3/t24-,25-,26?,28+,30-,31-,32-/m0/s1. The molecule has 0 aliphatic heterocycles. The van der Waals surface area contributed by atoms with E-state index in [0.717, 1.165) is 5.57 Å². The molecule has 234 valence electrons. The maximum atomic E-state index is 14.1. The molecule has 0 radical (unpaired) electrons. The molecule has 0 amide bonds. The number of ketones is 2. The number of benzene rings is 1. The summed E-state index contributed by atoms with van der Waals surface area (Å²) in [5, 5.41) is 12.1. The first-order valence-corrected chi connectivity index (χ1v) is 16.6. The van der Waals surface area contributed by atoms with Crippen LogP contribution >= 0.6 is 11.6 Å². The monoisotopic (exact) mass is 634 g/mol. The summed E-state index contributed by atoms with van der Waals surface area (Å²) in [6.45, 7) is 6.86. The number of carbonyl (C=O) groups is 3. The molecule has 1 aromatic rings. The van der Waals surface area contributed by atoms with E-state index in [2.05, 4.69) is 0 Å². The molecule has 11 heteroatoms. The summed E-state index contributed by atoms with van der Waals surface area (Å²) < 4.78 is 42.4. The third kappa shape index (κ3) is 5.49. The van der Waals surface area contributed by atoms with Crippen LogP contribution in [0.2, 0.25) is 5.02 Å². The third-order valence-electron chi connectivity index (χ3n) is 10.3. The Kier molecular flexibility index (Phi) is 8.48. The van der Waals surface area contributed by atoms with E-state index in [1.54, 1.807) is 12.2 Å². The first kappa shape index (κ1) is 31.9. The van der Waals surface area contributed by atoms with Gasteiger partial charge < -0.3 is 14.6 Å². The van der Waals surface area contributed by atoms with Gasteiger partial charge in [0, 0.05) is 21.8 Å². The van der Waals surface area contributed by atoms with Gasteiger partial charge in [-0.1, -0.05) is 50.9 Å². The average Bonchev–Trinajstić information content (AvgIpc) is 3.23. The first-order valence-electron chi connectivity index (χ1n) is 14.8. The van der Waals surface area contributed by atoms with Gasteiger partial charge in [0.15, 0.2) is 11.4 Å². The number of fused-ring (bicyclic) bond motifs is 5. The summed E-state index contributed by atoms with van der Waals surface area (Å²) in [4.78, 5) is 39.2. The van der Waals surface area contributed by atoms with Crippen LogP contribution in [0.1, 0.15) is 59.8 Å². The maximum absolute atomic E-state index is 14.1. The van der Waals surface area contributed by atoms with Gasteiger partial charge in [0.1, 0.15) is 6.61 Å². The van der Waals surface area contributed by atoms with Gasteiger partial charge in [-0.15, -0.1) is 0 Å². The summed E-state index contributed by atoms with van der Waals surface area (Å²) in [6, 6.07) is 5.36. The molecule has 1 N–H and O–H groups in total. The molecule has 0 bridgehead atoms. The maximum Gasteiger partial charge on any atom is 0.509 e. The highest BCUT2D eigenvalue weighted by molar-refractivity contribution is 7.86. The van der Waals surface area contributed by atoms with E-state index in [-0.39, 0.29) is 53.8 Å². The van der Waals surface area contributed by atoms with Crippen molar-refractivity contribution in [2.24, 2.45) is 34.5 Å². The normalized spacial score (nSPS) is 35.0. The molecule has 3 saturated carbocycles. The molecular formula is C32H39ClO9S. The molecule has 1 aromatic carbocycles. The van der Waals surface area contributed by atoms with Crippen LogP contribution in [0.25, 0.3) is 0 Å². The van der Waals surface area contributed by atoms with Crippen molar-refractivity contribution in [3.8, 4) is 0 Å². The molecule has 0 saturated heterocycles. The number of Topliss-reactive ketones (excluding diaryl/α,β-unsaturated/α-hetero) is 1. The second-order valence-corrected chi connectivity index (χ2v) is 15.3. The molecule has 1 unspecified atom stereocenters. The van der Waals surface area contributed by atoms with Crippen LogP contribution in [0.3, 0.4) is 0 Å². The molecule has 5 rings (SSSR count). The quantitative estimate of drug-likeness (QED) is 0.293. The Labute approximate surface area is 257 Å². The fourth-order valence-electron chi connectivity index (χ4n) is 8.32. The summed E-state index contributed by atoms with van der Waals surface area (Å²) in [7, 11) is -4.33. The summed E-state index contributed by atoms with van der Waals surface area (Å²) >= 11 is 5.89. The molecule has 7 atom stereocenters. The Hall–Kier alpha value is -2.53. The molecule has 3 fully saturated rings. The number of ether oxygens (including phenoxy) is 2. The highest BCUT2D eigenvalue weighted by atomic mass is 35.5. The van der Waals surface area contributed by atoms with Crippen LogP contribution in [0, 0.1) is 34.5 Å². The van der Waals surface area contributed by atoms with E-state index in [9.17, 15) is 27.9 Å². The zero-order chi connectivity index (χ0) is 31.4. The van der Waals surface area contributed by atoms with Crippen LogP contribution in [-0.2, 0) is 33.4 Å². The molecular weight excluding hydrogens is 596 g/mol. The van der Waals surface area contributed by atoms with Gasteiger partial charge in [-0.05, 0) is 86.3 Å². The highest BCUT2D eigenvalue weighted by Gasteiger charge is 2.70. The van der Waals surface area contributed by atoms with Crippen molar-refractivity contribution in [2.45, 2.75) is 76.4 Å². The van der Waals surface area contributed by atoms with Crippen molar-refractivity contribution in [2.75, 3.05) is 13.2 Å². The number of aliphatic hydroxyl groups is 1. The van der Waals surface area contributed by atoms with Crippen molar-refractivity contribution in [1.29, 1.82) is 0 Å². The fraction of sp³-hybridized carbons (Fsp3) is 0.594. The average molecular weight is 635 g/mol. The topological polar surface area (TPSA) is 133 Å². The minimum atomic E-state index is -4.33. The Bertz CT molecular complexity index is 1470. The van der Waals surface area contributed by atoms with Gasteiger partial charge >= 0.3 is 6.16 Å². The number of hydrogen-bond acceptors (Lipinski definition) is 9. The van der Waals surface area contributed by atoms with Gasteiger partial charge in [-0.25, -0.2) is 4.79 Å². The van der Waals surface area contributed by atoms with Crippen LogP contribution in [0.15, 0.2) is 53.0 Å². The predicted molar refractivity (Wildman–Crippen MR) is 158 cm³/mol. The molecule has 0 spiro atoms. The lowest BCUT2D eigenvalue weighted by Crippen LogP contribution is -2.63. The largest absolute Gasteiger partial charge is 0.509 e. The number of allylic oxidation sites excluding steroid dienone is 4. The second-order valence-electron chi connectivity index (χ2n) is 13.2. The Balaban J connectivity index is 1.47. The fourth-order valence-corrected chi connectivity index (χ4v) is 9.31. The van der Waals surface area contributed by atoms with Gasteiger partial charge in [-0.2, -0.15) is 8.42 Å². The van der Waals surface area contributed by atoms with Crippen molar-refractivity contribution in [3.05, 3.63) is 53.1 Å². The predicted octanol–water partition coefficient (Wildman–Crippen LogP) is 5.44. The van der Waals surface area contributed by atoms with E-state index in [1.807, 2.05) is 33.8 Å². The minimum absolute atomic E-state index is 0.0249. The van der Waals surface area contributed by atoms with Gasteiger partial charge in [-0.3, -0.25) is 13.8 Å². The third-order valence-corrected chi connectivity index (χ3v) is 11.8. The van der Waals surface area contributed by atoms with E-state index >= 15 is 0 Å². The Morgan fingerprint density at radius 2 is 1.84 bits per heavy atom. The van der Waals surface area contributed by atoms with Gasteiger partial charge in [0.2, 0.25) is 5.78 Å². The number of carbonyl (C=O) groups excluding carboxylic acids is 3. The van der Waals surface area contributed by atoms with Crippen LogP contribution in [-0.4, -0.2) is 56.2 Å². The SMILES string of the molecule is CC(C)COC(=O)O[C@]1(C(=O)COS(=O)(=O)c2ccc(Cl)cc2)CC[C@H]2[C@@H]3CCC4=CC(=O)C=C[C@]4(C)[C@H]3C(O)C[C@@]21C. The number of aliphatic hydroxyl groups excluding tert-OH is 1. The van der Waals surface area contributed by atoms with E-state index in [1.165, 1.54) is 24.3 Å². The number of halogens is 1. The summed E-state index contributed by atoms with van der Waals surface area (Å²) in [5.41, 5.74) is -2.32. The van der Waals surface area contributed by atoms with Crippen LogP contribution in [0.5, 0.6) is 0 Å². The minimum Gasteiger partial charge on any atom is -0.434 e. The van der Waals surface area contributed by atoms with Gasteiger partial charge in [0.05, 0.1) is 17.6 Å². The lowest BCUT2D eigenvalue weighted by atomic mass is 9.46. The van der Waals surface area contributed by atoms with Crippen LogP contribution < -0.4 is 0 Å². The van der Waals surface area contributed by atoms with E-state index < -0.39 is 51.2 Å². The van der Waals surface area contributed by atoms with Crippen molar-refractivity contribution in [3.63, 3.8) is 0 Å². The zero-order valence-corrected chi connectivity index (χ0v) is 26.4. The smallest absolute Gasteiger partial charge is 0.434 e. The number of hydrogen-bond donors (Lipinski definition) is 1. The lowest BCUT2D eigenvalue weighted by Gasteiger charge is -2.59. The van der Waals surface area contributed by atoms with Crippen LogP contribution in [0.4, 0.5) is 4.79 Å². The molecule has 9 nitrogen and oxygen atoms in total. The molecule has 4 aliphatic rings. The van der Waals surface area contributed by atoms with Crippen molar-refractivity contribution >= 4 is 39.4 Å². The van der Waals surface area contributed by atoms with Gasteiger partial charge in [0.25, 0.3) is 10.1 Å².